The Morgan fingerprint density at radius 2 is 1.28 bits per heavy atom. The Bertz CT molecular complexity index is 2550. The van der Waals surface area contributed by atoms with E-state index in [1.54, 1.807) is 25.1 Å². The van der Waals surface area contributed by atoms with Gasteiger partial charge in [-0.15, -0.1) is 0 Å². The molecule has 0 aliphatic carbocycles. The lowest BCUT2D eigenvalue weighted by Gasteiger charge is -2.16. The molecule has 60 heavy (non-hydrogen) atoms. The minimum absolute atomic E-state index is 0.0638. The maximum atomic E-state index is 13.1. The molecule has 0 aliphatic heterocycles. The van der Waals surface area contributed by atoms with E-state index in [9.17, 15) is 54.5 Å². The molecular weight excluding hydrogens is 777 g/mol. The number of aromatic carboxylic acids is 1. The van der Waals surface area contributed by atoms with Crippen LogP contribution in [0.2, 0.25) is 0 Å². The van der Waals surface area contributed by atoms with Gasteiger partial charge < -0.3 is 51.7 Å². The van der Waals surface area contributed by atoms with Gasteiger partial charge in [0, 0.05) is 39.8 Å². The monoisotopic (exact) mass is 812 g/mol. The maximum absolute atomic E-state index is 13.1. The van der Waals surface area contributed by atoms with E-state index in [1.807, 2.05) is 6.07 Å². The third-order valence-electron chi connectivity index (χ3n) is 8.69. The highest BCUT2D eigenvalue weighted by molar-refractivity contribution is 6.10. The number of carboxylic acids is 1. The van der Waals surface area contributed by atoms with Crippen molar-refractivity contribution in [2.75, 3.05) is 28.4 Å². The number of nitrogens with zero attached hydrogens (tertiary/aromatic N) is 1. The number of amides is 5. The predicted molar refractivity (Wildman–Crippen MR) is 219 cm³/mol. The molecule has 304 valence electrons. The summed E-state index contributed by atoms with van der Waals surface area (Å²) in [6.45, 7) is 1.63. The van der Waals surface area contributed by atoms with Crippen molar-refractivity contribution in [3.63, 3.8) is 0 Å². The Morgan fingerprint density at radius 3 is 1.87 bits per heavy atom. The molecule has 0 fully saturated rings. The number of benzene rings is 5. The predicted octanol–water partition coefficient (Wildman–Crippen LogP) is 5.71. The van der Waals surface area contributed by atoms with Crippen LogP contribution in [0, 0.1) is 11.3 Å². The van der Waals surface area contributed by atoms with Crippen LogP contribution in [0.5, 0.6) is 23.0 Å². The Balaban J connectivity index is 1.14. The van der Waals surface area contributed by atoms with Crippen molar-refractivity contribution in [3.8, 4) is 29.1 Å². The highest BCUT2D eigenvalue weighted by Crippen LogP contribution is 2.38. The number of carbonyl (C=O) groups excluding carboxylic acids is 5. The molecular formula is C43H36N6O11. The second-order valence-electron chi connectivity index (χ2n) is 12.9. The minimum atomic E-state index is -1.41. The molecule has 5 rings (SSSR count). The van der Waals surface area contributed by atoms with Crippen molar-refractivity contribution < 1.29 is 53.9 Å². The first-order valence-electron chi connectivity index (χ1n) is 17.7. The van der Waals surface area contributed by atoms with Crippen LogP contribution in [-0.2, 0) is 9.59 Å². The van der Waals surface area contributed by atoms with Crippen LogP contribution < -0.4 is 31.3 Å². The number of carbonyl (C=O) groups is 6. The number of anilines is 4. The molecule has 0 unspecified atom stereocenters. The molecule has 0 spiro atoms. The summed E-state index contributed by atoms with van der Waals surface area (Å²) in [4.78, 5) is 75.9. The fourth-order valence-electron chi connectivity index (χ4n) is 5.54. The van der Waals surface area contributed by atoms with Gasteiger partial charge in [-0.05, 0) is 103 Å². The lowest BCUT2D eigenvalue weighted by Crippen LogP contribution is -2.43. The summed E-state index contributed by atoms with van der Waals surface area (Å²) in [7, 11) is 1.17. The quantitative estimate of drug-likeness (QED) is 0.0610. The number of phenolic OH excluding ortho intramolecular Hbond substituents is 2. The number of ether oxygens (including phenoxy) is 1. The number of hydrogen-bond donors (Lipinski definition) is 9. The van der Waals surface area contributed by atoms with Crippen LogP contribution in [0.1, 0.15) is 60.3 Å². The summed E-state index contributed by atoms with van der Waals surface area (Å²) in [5.41, 5.74) is 1.48. The lowest BCUT2D eigenvalue weighted by atomic mass is 10.1. The van der Waals surface area contributed by atoms with Gasteiger partial charge in [-0.25, -0.2) is 4.79 Å². The second-order valence-corrected chi connectivity index (χ2v) is 12.9. The Morgan fingerprint density at radius 1 is 0.700 bits per heavy atom. The highest BCUT2D eigenvalue weighted by atomic mass is 16.5. The van der Waals surface area contributed by atoms with Crippen LogP contribution in [-0.4, -0.2) is 69.1 Å². The number of rotatable bonds is 14. The first kappa shape index (κ1) is 42.5. The number of aromatic hydroxyl groups is 3. The first-order valence-corrected chi connectivity index (χ1v) is 17.7. The summed E-state index contributed by atoms with van der Waals surface area (Å²) in [5, 5.41) is 61.6. The summed E-state index contributed by atoms with van der Waals surface area (Å²) in [5.74, 6) is -6.00. The molecule has 0 heterocycles. The summed E-state index contributed by atoms with van der Waals surface area (Å²) in [6, 6.07) is 24.5. The van der Waals surface area contributed by atoms with E-state index >= 15 is 0 Å². The third-order valence-corrected chi connectivity index (χ3v) is 8.69. The van der Waals surface area contributed by atoms with Crippen molar-refractivity contribution in [2.24, 2.45) is 0 Å². The zero-order chi connectivity index (χ0) is 43.5. The minimum Gasteiger partial charge on any atom is -0.508 e. The third kappa shape index (κ3) is 10.6. The van der Waals surface area contributed by atoms with Crippen molar-refractivity contribution in [2.45, 2.75) is 19.4 Å². The molecule has 9 N–H and O–H groups in total. The number of nitriles is 1. The molecule has 17 heteroatoms. The molecule has 0 saturated carbocycles. The molecule has 0 saturated heterocycles. The van der Waals surface area contributed by atoms with Gasteiger partial charge in [0.1, 0.15) is 23.1 Å². The number of carboxylic acid groups (broad SMARTS) is 1. The van der Waals surface area contributed by atoms with E-state index < -0.39 is 52.7 Å². The summed E-state index contributed by atoms with van der Waals surface area (Å²) < 4.78 is 5.04. The van der Waals surface area contributed by atoms with E-state index in [4.69, 9.17) is 4.74 Å². The fraction of sp³-hybridized carbons (Fsp3) is 0.0930. The van der Waals surface area contributed by atoms with Gasteiger partial charge in [-0.2, -0.15) is 5.26 Å². The van der Waals surface area contributed by atoms with Gasteiger partial charge in [-0.3, -0.25) is 24.0 Å². The van der Waals surface area contributed by atoms with E-state index in [2.05, 4.69) is 26.6 Å². The summed E-state index contributed by atoms with van der Waals surface area (Å²) >= 11 is 0. The standard InChI is InChI=1S/C43H36N6O11/c1-23(21-24-3-14-30(50)15-4-24)38(53)45-27-9-7-26(8-10-27)40(55)49-34(19-20-44)42(57)46-28-11-5-25(6-12-28)39(54)47-29-13-16-31(35(51)22-29)41(56)48-33-18-17-32(43(58)59)36(52)37(33)60-2/h3-18,21-22,34,50-52H,19H2,1-2H3,(H,45,53)(H,46,57)(H,47,54)(H,48,56)(H,49,55)(H,58,59)/b23-21+/t34-/m0/s1. The zero-order valence-electron chi connectivity index (χ0n) is 31.8. The average molecular weight is 813 g/mol. The van der Waals surface area contributed by atoms with E-state index in [0.717, 1.165) is 17.7 Å². The number of hydrogen-bond acceptors (Lipinski definition) is 11. The molecule has 0 radical (unpaired) electrons. The van der Waals surface area contributed by atoms with Crippen LogP contribution in [0.25, 0.3) is 6.08 Å². The van der Waals surface area contributed by atoms with E-state index in [1.165, 1.54) is 86.0 Å². The van der Waals surface area contributed by atoms with Gasteiger partial charge in [0.2, 0.25) is 5.91 Å². The highest BCUT2D eigenvalue weighted by Gasteiger charge is 2.23. The normalized spacial score (nSPS) is 11.2. The first-order chi connectivity index (χ1) is 28.7. The van der Waals surface area contributed by atoms with Crippen LogP contribution in [0.15, 0.2) is 109 Å². The molecule has 5 aromatic rings. The van der Waals surface area contributed by atoms with Crippen molar-refractivity contribution >= 4 is 64.3 Å². The summed E-state index contributed by atoms with van der Waals surface area (Å²) in [6.07, 6.45) is 1.29. The maximum Gasteiger partial charge on any atom is 0.339 e. The molecule has 5 amide bonds. The molecule has 0 aliphatic rings. The van der Waals surface area contributed by atoms with Crippen LogP contribution >= 0.6 is 0 Å². The van der Waals surface area contributed by atoms with Crippen LogP contribution in [0.4, 0.5) is 22.7 Å². The number of phenols is 3. The Hall–Kier alpha value is -8.65. The number of nitrogens with one attached hydrogen (secondary N) is 5. The SMILES string of the molecule is COc1c(NC(=O)c2ccc(NC(=O)c3ccc(NC(=O)[C@H](CC#N)NC(=O)c4ccc(NC(=O)/C(C)=C/c5ccc(O)cc5)cc4)cc3)cc2O)ccc(C(=O)O)c1O. The molecule has 1 atom stereocenters. The molecule has 0 bridgehead atoms. The van der Waals surface area contributed by atoms with Crippen molar-refractivity contribution in [1.82, 2.24) is 5.32 Å². The topological polar surface area (TPSA) is 277 Å². The van der Waals surface area contributed by atoms with Crippen molar-refractivity contribution in [3.05, 3.63) is 137 Å². The Kier molecular flexibility index (Phi) is 13.5. The van der Waals surface area contributed by atoms with Crippen molar-refractivity contribution in [1.29, 1.82) is 5.26 Å². The van der Waals surface area contributed by atoms with E-state index in [-0.39, 0.29) is 57.6 Å². The smallest absolute Gasteiger partial charge is 0.339 e. The van der Waals surface area contributed by atoms with Gasteiger partial charge in [-0.1, -0.05) is 12.1 Å². The average Bonchev–Trinajstić information content (AvgIpc) is 3.22. The van der Waals surface area contributed by atoms with E-state index in [0.29, 0.717) is 11.3 Å². The zero-order valence-corrected chi connectivity index (χ0v) is 31.8. The second kappa shape index (κ2) is 19.0. The van der Waals surface area contributed by atoms with Gasteiger partial charge in [0.15, 0.2) is 11.5 Å². The van der Waals surface area contributed by atoms with Crippen LogP contribution in [0.3, 0.4) is 0 Å². The van der Waals surface area contributed by atoms with Gasteiger partial charge >= 0.3 is 5.97 Å². The molecule has 17 nitrogen and oxygen atoms in total. The molecule has 5 aromatic carbocycles. The van der Waals surface area contributed by atoms with Gasteiger partial charge in [0.25, 0.3) is 23.6 Å². The largest absolute Gasteiger partial charge is 0.508 e. The Labute approximate surface area is 341 Å². The fourth-order valence-corrected chi connectivity index (χ4v) is 5.54. The number of methoxy groups -OCH3 is 1. The van der Waals surface area contributed by atoms with Gasteiger partial charge in [0.05, 0.1) is 30.9 Å². The lowest BCUT2D eigenvalue weighted by molar-refractivity contribution is -0.118. The molecule has 0 aromatic heterocycles.